The van der Waals surface area contributed by atoms with E-state index in [1.807, 2.05) is 0 Å². The van der Waals surface area contributed by atoms with Crippen molar-refractivity contribution in [2.45, 2.75) is 12.3 Å². The maximum atomic E-state index is 12.7. The molecule has 0 fully saturated rings. The number of benzene rings is 1. The summed E-state index contributed by atoms with van der Waals surface area (Å²) in [6.07, 6.45) is 3.06. The monoisotopic (exact) mass is 422 g/mol. The van der Waals surface area contributed by atoms with Crippen LogP contribution in [0.4, 0.5) is 0 Å². The highest BCUT2D eigenvalue weighted by Crippen LogP contribution is 2.35. The Morgan fingerprint density at radius 1 is 1.15 bits per heavy atom. The lowest BCUT2D eigenvalue weighted by atomic mass is 9.82. The molecular formula is C18H19BrN2O5. The van der Waals surface area contributed by atoms with E-state index in [0.717, 1.165) is 0 Å². The zero-order valence-corrected chi connectivity index (χ0v) is 16.2. The maximum absolute atomic E-state index is 12.7. The lowest BCUT2D eigenvalue weighted by Crippen LogP contribution is -2.34. The first-order valence-corrected chi connectivity index (χ1v) is 8.60. The molecule has 8 heteroatoms. The molecule has 1 heterocycles. The van der Waals surface area contributed by atoms with Crippen molar-refractivity contribution in [3.63, 3.8) is 0 Å². The third-order valence-electron chi connectivity index (χ3n) is 4.09. The van der Waals surface area contributed by atoms with Gasteiger partial charge in [0.25, 0.3) is 0 Å². The van der Waals surface area contributed by atoms with E-state index in [-0.39, 0.29) is 18.0 Å². The van der Waals surface area contributed by atoms with Crippen molar-refractivity contribution in [1.82, 2.24) is 9.55 Å². The lowest BCUT2D eigenvalue weighted by Gasteiger charge is -2.24. The first-order valence-electron chi connectivity index (χ1n) is 7.81. The molecule has 138 valence electrons. The molecule has 7 nitrogen and oxygen atoms in total. The van der Waals surface area contributed by atoms with Gasteiger partial charge >= 0.3 is 11.9 Å². The predicted molar refractivity (Wildman–Crippen MR) is 96.6 cm³/mol. The van der Waals surface area contributed by atoms with E-state index in [9.17, 15) is 14.4 Å². The summed E-state index contributed by atoms with van der Waals surface area (Å²) < 4.78 is 11.8. The number of Topliss-reactive ketones (excluding diaryl/α,β-unsaturated/α-hetero) is 1. The molecular weight excluding hydrogens is 404 g/mol. The molecule has 0 radical (unpaired) electrons. The molecule has 0 aliphatic carbocycles. The highest BCUT2D eigenvalue weighted by atomic mass is 79.9. The minimum atomic E-state index is -1.27. The molecule has 1 unspecified atom stereocenters. The lowest BCUT2D eigenvalue weighted by molar-refractivity contribution is -0.159. The standard InChI is InChI=1S/C18H19BrN2O5/c1-21-9-8-20-16(21)14(22)10-12(11-6-4-5-7-13(11)19)15(17(23)25-2)18(24)26-3/h4-9,12,15H,10H2,1-3H3. The number of ketones is 1. The van der Waals surface area contributed by atoms with E-state index in [4.69, 9.17) is 9.47 Å². The van der Waals surface area contributed by atoms with Crippen LogP contribution < -0.4 is 0 Å². The summed E-state index contributed by atoms with van der Waals surface area (Å²) >= 11 is 3.42. The molecule has 2 aromatic rings. The van der Waals surface area contributed by atoms with E-state index in [1.54, 1.807) is 42.1 Å². The number of imidazole rings is 1. The smallest absolute Gasteiger partial charge is 0.320 e. The minimum Gasteiger partial charge on any atom is -0.468 e. The average molecular weight is 423 g/mol. The van der Waals surface area contributed by atoms with Gasteiger partial charge in [0, 0.05) is 36.3 Å². The Balaban J connectivity index is 2.49. The normalized spacial score (nSPS) is 11.9. The molecule has 0 aliphatic heterocycles. The van der Waals surface area contributed by atoms with Crippen LogP contribution in [-0.4, -0.2) is 41.5 Å². The summed E-state index contributed by atoms with van der Waals surface area (Å²) in [5, 5.41) is 0. The molecule has 0 aliphatic rings. The van der Waals surface area contributed by atoms with Crippen LogP contribution in [-0.2, 0) is 26.1 Å². The molecule has 1 aromatic carbocycles. The number of ether oxygens (including phenoxy) is 2. The van der Waals surface area contributed by atoms with Crippen LogP contribution in [0.15, 0.2) is 41.1 Å². The second-order valence-electron chi connectivity index (χ2n) is 5.64. The van der Waals surface area contributed by atoms with Crippen molar-refractivity contribution in [3.8, 4) is 0 Å². The number of carbonyl (C=O) groups excluding carboxylic acids is 3. The van der Waals surface area contributed by atoms with Crippen LogP contribution >= 0.6 is 15.9 Å². The maximum Gasteiger partial charge on any atom is 0.320 e. The number of hydrogen-bond acceptors (Lipinski definition) is 6. The van der Waals surface area contributed by atoms with E-state index in [0.29, 0.717) is 10.0 Å². The van der Waals surface area contributed by atoms with Gasteiger partial charge in [-0.2, -0.15) is 0 Å². The van der Waals surface area contributed by atoms with Gasteiger partial charge in [-0.3, -0.25) is 14.4 Å². The van der Waals surface area contributed by atoms with Crippen molar-refractivity contribution in [2.75, 3.05) is 14.2 Å². The Morgan fingerprint density at radius 2 is 1.77 bits per heavy atom. The molecule has 0 saturated heterocycles. The predicted octanol–water partition coefficient (Wildman–Crippen LogP) is 2.50. The van der Waals surface area contributed by atoms with Crippen LogP contribution in [0.2, 0.25) is 0 Å². The topological polar surface area (TPSA) is 87.5 Å². The molecule has 0 spiro atoms. The van der Waals surface area contributed by atoms with Crippen LogP contribution in [0.1, 0.15) is 28.5 Å². The summed E-state index contributed by atoms with van der Waals surface area (Å²) in [6.45, 7) is 0. The quantitative estimate of drug-likeness (QED) is 0.387. The highest BCUT2D eigenvalue weighted by Gasteiger charge is 2.40. The molecule has 0 N–H and O–H groups in total. The third-order valence-corrected chi connectivity index (χ3v) is 4.82. The van der Waals surface area contributed by atoms with E-state index >= 15 is 0 Å². The summed E-state index contributed by atoms with van der Waals surface area (Å²) in [7, 11) is 4.08. The molecule has 2 rings (SSSR count). The minimum absolute atomic E-state index is 0.109. The second kappa shape index (κ2) is 8.75. The van der Waals surface area contributed by atoms with Gasteiger partial charge in [0.1, 0.15) is 0 Å². The largest absolute Gasteiger partial charge is 0.468 e. The number of aryl methyl sites for hydroxylation is 1. The molecule has 1 atom stereocenters. The fraction of sp³-hybridized carbons (Fsp3) is 0.333. The number of methoxy groups -OCH3 is 2. The molecule has 1 aromatic heterocycles. The summed E-state index contributed by atoms with van der Waals surface area (Å²) in [4.78, 5) is 41.4. The van der Waals surface area contributed by atoms with Crippen LogP contribution in [0.5, 0.6) is 0 Å². The zero-order valence-electron chi connectivity index (χ0n) is 14.6. The number of hydrogen-bond donors (Lipinski definition) is 0. The van der Waals surface area contributed by atoms with Gasteiger partial charge in [0.05, 0.1) is 14.2 Å². The zero-order chi connectivity index (χ0) is 19.3. The fourth-order valence-corrected chi connectivity index (χ4v) is 3.37. The van der Waals surface area contributed by atoms with Gasteiger partial charge in [-0.05, 0) is 11.6 Å². The van der Waals surface area contributed by atoms with Crippen molar-refractivity contribution in [3.05, 3.63) is 52.5 Å². The van der Waals surface area contributed by atoms with Crippen LogP contribution in [0.3, 0.4) is 0 Å². The first kappa shape index (κ1) is 19.8. The summed E-state index contributed by atoms with van der Waals surface area (Å²) in [6, 6.07) is 7.10. The van der Waals surface area contributed by atoms with E-state index in [2.05, 4.69) is 20.9 Å². The third kappa shape index (κ3) is 4.19. The highest BCUT2D eigenvalue weighted by molar-refractivity contribution is 9.10. The Kier molecular flexibility index (Phi) is 6.68. The second-order valence-corrected chi connectivity index (χ2v) is 6.50. The van der Waals surface area contributed by atoms with Crippen molar-refractivity contribution in [1.29, 1.82) is 0 Å². The number of carbonyl (C=O) groups is 3. The first-order chi connectivity index (χ1) is 12.4. The number of halogens is 1. The Morgan fingerprint density at radius 3 is 2.27 bits per heavy atom. The van der Waals surface area contributed by atoms with Crippen LogP contribution in [0, 0.1) is 5.92 Å². The fourth-order valence-electron chi connectivity index (χ4n) is 2.79. The number of aromatic nitrogens is 2. The van der Waals surface area contributed by atoms with Gasteiger partial charge in [0.2, 0.25) is 0 Å². The summed E-state index contributed by atoms with van der Waals surface area (Å²) in [5.74, 6) is -3.61. The Hall–Kier alpha value is -2.48. The Bertz CT molecular complexity index is 801. The van der Waals surface area contributed by atoms with Gasteiger partial charge in [-0.1, -0.05) is 34.1 Å². The average Bonchev–Trinajstić information content (AvgIpc) is 3.07. The van der Waals surface area contributed by atoms with Crippen molar-refractivity contribution >= 4 is 33.7 Å². The molecule has 26 heavy (non-hydrogen) atoms. The Labute approximate surface area is 159 Å². The van der Waals surface area contributed by atoms with E-state index < -0.39 is 23.8 Å². The van der Waals surface area contributed by atoms with Crippen molar-refractivity contribution in [2.24, 2.45) is 13.0 Å². The number of rotatable bonds is 7. The van der Waals surface area contributed by atoms with Gasteiger partial charge in [-0.25, -0.2) is 4.98 Å². The summed E-state index contributed by atoms with van der Waals surface area (Å²) in [5.41, 5.74) is 0.635. The molecule has 0 amide bonds. The molecule has 0 saturated carbocycles. The van der Waals surface area contributed by atoms with Gasteiger partial charge < -0.3 is 14.0 Å². The SMILES string of the molecule is COC(=O)C(C(=O)OC)C(CC(=O)c1nccn1C)c1ccccc1Br. The van der Waals surface area contributed by atoms with Gasteiger partial charge in [-0.15, -0.1) is 0 Å². The number of esters is 2. The molecule has 0 bridgehead atoms. The van der Waals surface area contributed by atoms with Crippen molar-refractivity contribution < 1.29 is 23.9 Å². The van der Waals surface area contributed by atoms with E-state index in [1.165, 1.54) is 20.4 Å². The van der Waals surface area contributed by atoms with Gasteiger partial charge in [0.15, 0.2) is 17.5 Å². The van der Waals surface area contributed by atoms with Crippen LogP contribution in [0.25, 0.3) is 0 Å². The number of nitrogens with zero attached hydrogens (tertiary/aromatic N) is 2.